The quantitative estimate of drug-likeness (QED) is 0.921. The van der Waals surface area contributed by atoms with E-state index in [9.17, 15) is 4.79 Å². The first kappa shape index (κ1) is 14.0. The van der Waals surface area contributed by atoms with Crippen molar-refractivity contribution in [3.05, 3.63) is 34.3 Å². The normalized spacial score (nSPS) is 21.2. The number of thiophene rings is 1. The van der Waals surface area contributed by atoms with Crippen molar-refractivity contribution in [2.45, 2.75) is 44.2 Å². The van der Waals surface area contributed by atoms with Gasteiger partial charge >= 0.3 is 0 Å². The van der Waals surface area contributed by atoms with E-state index in [1.807, 2.05) is 16.3 Å². The lowest BCUT2D eigenvalue weighted by molar-refractivity contribution is 0.0940. The average Bonchev–Trinajstić information content (AvgIpc) is 2.96. The van der Waals surface area contributed by atoms with Crippen LogP contribution in [0.4, 0.5) is 5.69 Å². The van der Waals surface area contributed by atoms with Crippen molar-refractivity contribution in [3.8, 4) is 0 Å². The van der Waals surface area contributed by atoms with Gasteiger partial charge in [0.05, 0.1) is 29.4 Å². The Morgan fingerprint density at radius 2 is 2.36 bits per heavy atom. The summed E-state index contributed by atoms with van der Waals surface area (Å²) in [5.74, 6) is 0.572. The number of amides is 1. The van der Waals surface area contributed by atoms with E-state index in [1.165, 1.54) is 29.7 Å². The van der Waals surface area contributed by atoms with Gasteiger partial charge in [-0.3, -0.25) is 9.48 Å². The van der Waals surface area contributed by atoms with Crippen LogP contribution in [0.15, 0.2) is 23.8 Å². The van der Waals surface area contributed by atoms with E-state index in [0.717, 1.165) is 36.6 Å². The van der Waals surface area contributed by atoms with Gasteiger partial charge in [-0.05, 0) is 48.6 Å². The highest BCUT2D eigenvalue weighted by Crippen LogP contribution is 2.43. The Kier molecular flexibility index (Phi) is 3.72. The monoisotopic (exact) mass is 317 g/mol. The number of hydrogen-bond acceptors (Lipinski definition) is 4. The second kappa shape index (κ2) is 5.85. The van der Waals surface area contributed by atoms with E-state index in [4.69, 9.17) is 4.74 Å². The molecule has 0 bridgehead atoms. The van der Waals surface area contributed by atoms with Crippen molar-refractivity contribution in [2.75, 3.05) is 11.9 Å². The number of carbonyl (C=O) groups excluding carboxylic acids is 1. The molecule has 0 radical (unpaired) electrons. The highest BCUT2D eigenvalue weighted by atomic mass is 32.1. The number of nitrogens with zero attached hydrogens (tertiary/aromatic N) is 2. The van der Waals surface area contributed by atoms with E-state index in [0.29, 0.717) is 5.92 Å². The minimum Gasteiger partial charge on any atom is -0.376 e. The fourth-order valence-corrected chi connectivity index (χ4v) is 3.81. The minimum absolute atomic E-state index is 0.0198. The largest absolute Gasteiger partial charge is 0.376 e. The molecule has 2 aliphatic rings. The number of hydrogen-bond donors (Lipinski definition) is 1. The Balaban J connectivity index is 1.41. The summed E-state index contributed by atoms with van der Waals surface area (Å²) in [6, 6.07) is 2.08. The van der Waals surface area contributed by atoms with Crippen LogP contribution in [-0.4, -0.2) is 28.4 Å². The van der Waals surface area contributed by atoms with Gasteiger partial charge in [-0.1, -0.05) is 0 Å². The number of aromatic nitrogens is 2. The molecule has 0 aromatic carbocycles. The molecule has 1 saturated heterocycles. The standard InChI is InChI=1S/C16H19N3O2S/c20-16(15-14(5-7-22-15)11-3-4-11)18-12-8-17-19(9-12)10-13-2-1-6-21-13/h5,7-9,11,13H,1-4,6,10H2,(H,18,20). The zero-order valence-electron chi connectivity index (χ0n) is 12.3. The van der Waals surface area contributed by atoms with Crippen LogP contribution in [0.25, 0.3) is 0 Å². The molecule has 2 aromatic rings. The molecule has 1 atom stereocenters. The second-order valence-electron chi connectivity index (χ2n) is 6.02. The van der Waals surface area contributed by atoms with E-state index in [1.54, 1.807) is 6.20 Å². The van der Waals surface area contributed by atoms with Crippen LogP contribution in [0.5, 0.6) is 0 Å². The van der Waals surface area contributed by atoms with E-state index >= 15 is 0 Å². The molecule has 22 heavy (non-hydrogen) atoms. The Hall–Kier alpha value is -1.66. The molecule has 2 aromatic heterocycles. The van der Waals surface area contributed by atoms with Gasteiger partial charge in [-0.2, -0.15) is 5.10 Å². The first-order valence-electron chi connectivity index (χ1n) is 7.82. The fourth-order valence-electron chi connectivity index (χ4n) is 2.93. The summed E-state index contributed by atoms with van der Waals surface area (Å²) in [4.78, 5) is 13.3. The number of nitrogens with one attached hydrogen (secondary N) is 1. The lowest BCUT2D eigenvalue weighted by Crippen LogP contribution is -2.15. The molecule has 0 spiro atoms. The predicted octanol–water partition coefficient (Wildman–Crippen LogP) is 3.25. The van der Waals surface area contributed by atoms with Crippen LogP contribution >= 0.6 is 11.3 Å². The van der Waals surface area contributed by atoms with Crippen molar-refractivity contribution in [3.63, 3.8) is 0 Å². The van der Waals surface area contributed by atoms with Crippen LogP contribution in [0.3, 0.4) is 0 Å². The molecular weight excluding hydrogens is 298 g/mol. The smallest absolute Gasteiger partial charge is 0.266 e. The minimum atomic E-state index is -0.0198. The van der Waals surface area contributed by atoms with Crippen molar-refractivity contribution < 1.29 is 9.53 Å². The SMILES string of the molecule is O=C(Nc1cnn(CC2CCCO2)c1)c1sccc1C1CC1. The Morgan fingerprint density at radius 3 is 3.14 bits per heavy atom. The number of rotatable bonds is 5. The van der Waals surface area contributed by atoms with E-state index in [2.05, 4.69) is 16.5 Å². The molecule has 1 saturated carbocycles. The Bertz CT molecular complexity index is 668. The van der Waals surface area contributed by atoms with Gasteiger partial charge in [0.25, 0.3) is 5.91 Å². The zero-order chi connectivity index (χ0) is 14.9. The lowest BCUT2D eigenvalue weighted by Gasteiger charge is -2.08. The molecule has 1 aliphatic carbocycles. The van der Waals surface area contributed by atoms with Crippen LogP contribution < -0.4 is 5.32 Å². The molecule has 116 valence electrons. The van der Waals surface area contributed by atoms with Crippen LogP contribution in [0.2, 0.25) is 0 Å². The van der Waals surface area contributed by atoms with E-state index in [-0.39, 0.29) is 12.0 Å². The van der Waals surface area contributed by atoms with Gasteiger partial charge < -0.3 is 10.1 Å². The summed E-state index contributed by atoms with van der Waals surface area (Å²) in [6.07, 6.45) is 8.45. The number of ether oxygens (including phenoxy) is 1. The van der Waals surface area contributed by atoms with Gasteiger partial charge in [-0.15, -0.1) is 11.3 Å². The summed E-state index contributed by atoms with van der Waals surface area (Å²) >= 11 is 1.52. The first-order chi connectivity index (χ1) is 10.8. The lowest BCUT2D eigenvalue weighted by atomic mass is 10.1. The molecular formula is C16H19N3O2S. The third-order valence-corrected chi connectivity index (χ3v) is 5.15. The Morgan fingerprint density at radius 1 is 1.45 bits per heavy atom. The number of anilines is 1. The van der Waals surface area contributed by atoms with Crippen molar-refractivity contribution in [2.24, 2.45) is 0 Å². The third-order valence-electron chi connectivity index (χ3n) is 4.22. The van der Waals surface area contributed by atoms with Crippen LogP contribution in [-0.2, 0) is 11.3 Å². The molecule has 1 aliphatic heterocycles. The maximum atomic E-state index is 12.4. The first-order valence-corrected chi connectivity index (χ1v) is 8.70. The Labute approximate surface area is 133 Å². The summed E-state index contributed by atoms with van der Waals surface area (Å²) in [5.41, 5.74) is 1.95. The molecule has 6 heteroatoms. The van der Waals surface area contributed by atoms with Crippen molar-refractivity contribution in [1.82, 2.24) is 9.78 Å². The second-order valence-corrected chi connectivity index (χ2v) is 6.94. The molecule has 1 unspecified atom stereocenters. The topological polar surface area (TPSA) is 56.2 Å². The molecule has 3 heterocycles. The molecule has 4 rings (SSSR count). The van der Waals surface area contributed by atoms with Gasteiger partial charge in [0.1, 0.15) is 0 Å². The van der Waals surface area contributed by atoms with Crippen molar-refractivity contribution >= 4 is 22.9 Å². The van der Waals surface area contributed by atoms with Gasteiger partial charge in [0, 0.05) is 12.8 Å². The third kappa shape index (κ3) is 2.94. The molecule has 2 fully saturated rings. The van der Waals surface area contributed by atoms with E-state index < -0.39 is 0 Å². The van der Waals surface area contributed by atoms with Crippen LogP contribution in [0, 0.1) is 0 Å². The maximum absolute atomic E-state index is 12.4. The fraction of sp³-hybridized carbons (Fsp3) is 0.500. The van der Waals surface area contributed by atoms with Crippen LogP contribution in [0.1, 0.15) is 46.8 Å². The molecule has 5 nitrogen and oxygen atoms in total. The highest BCUT2D eigenvalue weighted by Gasteiger charge is 2.29. The average molecular weight is 317 g/mol. The summed E-state index contributed by atoms with van der Waals surface area (Å²) in [5, 5.41) is 9.27. The summed E-state index contributed by atoms with van der Waals surface area (Å²) < 4.78 is 7.46. The molecule has 1 N–H and O–H groups in total. The highest BCUT2D eigenvalue weighted by molar-refractivity contribution is 7.12. The number of carbonyl (C=O) groups is 1. The van der Waals surface area contributed by atoms with Gasteiger partial charge in [0.15, 0.2) is 0 Å². The zero-order valence-corrected chi connectivity index (χ0v) is 13.1. The predicted molar refractivity (Wildman–Crippen MR) is 85.4 cm³/mol. The summed E-state index contributed by atoms with van der Waals surface area (Å²) in [7, 11) is 0. The summed E-state index contributed by atoms with van der Waals surface area (Å²) in [6.45, 7) is 1.60. The van der Waals surface area contributed by atoms with Gasteiger partial charge in [0.2, 0.25) is 0 Å². The maximum Gasteiger partial charge on any atom is 0.266 e. The van der Waals surface area contributed by atoms with Gasteiger partial charge in [-0.25, -0.2) is 0 Å². The molecule has 1 amide bonds. The van der Waals surface area contributed by atoms with Crippen molar-refractivity contribution in [1.29, 1.82) is 0 Å².